The van der Waals surface area contributed by atoms with Crippen molar-refractivity contribution in [2.45, 2.75) is 33.1 Å². The van der Waals surface area contributed by atoms with Gasteiger partial charge in [0.1, 0.15) is 5.75 Å². The summed E-state index contributed by atoms with van der Waals surface area (Å²) in [5, 5.41) is 2.28. The van der Waals surface area contributed by atoms with Gasteiger partial charge in [0.2, 0.25) is 0 Å². The lowest BCUT2D eigenvalue weighted by Crippen LogP contribution is -2.31. The van der Waals surface area contributed by atoms with E-state index < -0.39 is 23.8 Å². The molecule has 0 aliphatic heterocycles. The highest BCUT2D eigenvalue weighted by atomic mass is 19.4. The van der Waals surface area contributed by atoms with Gasteiger partial charge in [0, 0.05) is 0 Å². The molecule has 0 saturated carbocycles. The molecule has 0 heterocycles. The largest absolute Gasteiger partial charge is 0.481 e. The first-order chi connectivity index (χ1) is 11.2. The third-order valence-electron chi connectivity index (χ3n) is 3.65. The van der Waals surface area contributed by atoms with E-state index in [0.717, 1.165) is 17.2 Å². The number of amides is 1. The first-order valence-electron chi connectivity index (χ1n) is 7.39. The van der Waals surface area contributed by atoms with Gasteiger partial charge in [0.15, 0.2) is 6.10 Å². The molecule has 0 bridgehead atoms. The topological polar surface area (TPSA) is 38.3 Å². The number of hydrogen-bond acceptors (Lipinski definition) is 2. The van der Waals surface area contributed by atoms with E-state index in [0.29, 0.717) is 5.75 Å². The summed E-state index contributed by atoms with van der Waals surface area (Å²) in [6.07, 6.45) is -5.48. The Balaban J connectivity index is 2.11. The van der Waals surface area contributed by atoms with Gasteiger partial charge in [-0.2, -0.15) is 13.2 Å². The predicted octanol–water partition coefficient (Wildman–Crippen LogP) is 4.73. The van der Waals surface area contributed by atoms with Crippen molar-refractivity contribution in [3.05, 3.63) is 59.2 Å². The molecule has 6 heteroatoms. The van der Waals surface area contributed by atoms with Crippen LogP contribution in [0.1, 0.15) is 23.6 Å². The summed E-state index contributed by atoms with van der Waals surface area (Å²) in [5.74, 6) is -0.158. The summed E-state index contributed by atoms with van der Waals surface area (Å²) in [7, 11) is 0. The number of hydrogen-bond donors (Lipinski definition) is 1. The standard InChI is InChI=1S/C18H18F3NO2/c1-11-8-9-14(10-12(11)2)24-13(3)17(23)22-16-7-5-4-6-15(16)18(19,20)21/h4-10,13H,1-3H3,(H,22,23)/t13-/m0/s1. The number of benzene rings is 2. The average molecular weight is 337 g/mol. The van der Waals surface area contributed by atoms with Gasteiger partial charge in [-0.05, 0) is 56.2 Å². The molecule has 0 aliphatic carbocycles. The Labute approximate surface area is 138 Å². The van der Waals surface area contributed by atoms with Gasteiger partial charge in [-0.3, -0.25) is 4.79 Å². The van der Waals surface area contributed by atoms with Crippen LogP contribution in [-0.2, 0) is 11.0 Å². The van der Waals surface area contributed by atoms with Gasteiger partial charge in [0.25, 0.3) is 5.91 Å². The molecular weight excluding hydrogens is 319 g/mol. The highest BCUT2D eigenvalue weighted by molar-refractivity contribution is 5.94. The van der Waals surface area contributed by atoms with Gasteiger partial charge in [-0.15, -0.1) is 0 Å². The second-order valence-corrected chi connectivity index (χ2v) is 5.54. The first kappa shape index (κ1) is 17.8. The van der Waals surface area contributed by atoms with Gasteiger partial charge in [-0.25, -0.2) is 0 Å². The number of carbonyl (C=O) groups excluding carboxylic acids is 1. The van der Waals surface area contributed by atoms with Crippen LogP contribution in [0.15, 0.2) is 42.5 Å². The number of carbonyl (C=O) groups is 1. The zero-order chi connectivity index (χ0) is 17.9. The Bertz CT molecular complexity index is 741. The predicted molar refractivity (Wildman–Crippen MR) is 86.1 cm³/mol. The SMILES string of the molecule is Cc1ccc(O[C@@H](C)C(=O)Nc2ccccc2C(F)(F)F)cc1C. The zero-order valence-corrected chi connectivity index (χ0v) is 13.6. The van der Waals surface area contributed by atoms with Gasteiger partial charge < -0.3 is 10.1 Å². The minimum atomic E-state index is -4.54. The third kappa shape index (κ3) is 4.28. The maximum atomic E-state index is 12.9. The summed E-state index contributed by atoms with van der Waals surface area (Å²) in [5.41, 5.74) is 0.906. The van der Waals surface area contributed by atoms with Gasteiger partial charge in [-0.1, -0.05) is 18.2 Å². The number of anilines is 1. The van der Waals surface area contributed by atoms with E-state index in [-0.39, 0.29) is 5.69 Å². The molecule has 1 amide bonds. The minimum absolute atomic E-state index is 0.287. The summed E-state index contributed by atoms with van der Waals surface area (Å²) < 4.78 is 44.4. The highest BCUT2D eigenvalue weighted by Gasteiger charge is 2.34. The van der Waals surface area contributed by atoms with Crippen molar-refractivity contribution < 1.29 is 22.7 Å². The second kappa shape index (κ2) is 6.95. The van der Waals surface area contributed by atoms with Crippen molar-refractivity contribution in [2.75, 3.05) is 5.32 Å². The minimum Gasteiger partial charge on any atom is -0.481 e. The van der Waals surface area contributed by atoms with E-state index in [1.165, 1.54) is 25.1 Å². The van der Waals surface area contributed by atoms with Crippen LogP contribution in [0.3, 0.4) is 0 Å². The van der Waals surface area contributed by atoms with Gasteiger partial charge >= 0.3 is 6.18 Å². The monoisotopic (exact) mass is 337 g/mol. The van der Waals surface area contributed by atoms with Crippen LogP contribution < -0.4 is 10.1 Å². The smallest absolute Gasteiger partial charge is 0.418 e. The van der Waals surface area contributed by atoms with Crippen molar-refractivity contribution in [2.24, 2.45) is 0 Å². The normalized spacial score (nSPS) is 12.6. The van der Waals surface area contributed by atoms with Crippen molar-refractivity contribution in [3.8, 4) is 5.75 Å². The van der Waals surface area contributed by atoms with Crippen molar-refractivity contribution >= 4 is 11.6 Å². The van der Waals surface area contributed by atoms with Gasteiger partial charge in [0.05, 0.1) is 11.3 Å². The Morgan fingerprint density at radius 1 is 1.08 bits per heavy atom. The Morgan fingerprint density at radius 2 is 1.75 bits per heavy atom. The van der Waals surface area contributed by atoms with Crippen LogP contribution in [0, 0.1) is 13.8 Å². The number of para-hydroxylation sites is 1. The second-order valence-electron chi connectivity index (χ2n) is 5.54. The molecule has 0 unspecified atom stereocenters. The molecule has 1 N–H and O–H groups in total. The Hall–Kier alpha value is -2.50. The molecule has 0 spiro atoms. The fraction of sp³-hybridized carbons (Fsp3) is 0.278. The first-order valence-corrected chi connectivity index (χ1v) is 7.39. The van der Waals surface area contributed by atoms with Crippen LogP contribution in [0.25, 0.3) is 0 Å². The molecule has 0 fully saturated rings. The Morgan fingerprint density at radius 3 is 2.38 bits per heavy atom. The maximum Gasteiger partial charge on any atom is 0.418 e. The number of ether oxygens (including phenoxy) is 1. The number of aryl methyl sites for hydroxylation is 2. The van der Waals surface area contributed by atoms with Crippen molar-refractivity contribution in [1.29, 1.82) is 0 Å². The summed E-state index contributed by atoms with van der Waals surface area (Å²) in [6.45, 7) is 5.34. The fourth-order valence-electron chi connectivity index (χ4n) is 2.12. The molecule has 2 rings (SSSR count). The molecule has 1 atom stereocenters. The van der Waals surface area contributed by atoms with E-state index in [2.05, 4.69) is 5.32 Å². The average Bonchev–Trinajstić information content (AvgIpc) is 2.50. The highest BCUT2D eigenvalue weighted by Crippen LogP contribution is 2.34. The summed E-state index contributed by atoms with van der Waals surface area (Å²) in [4.78, 5) is 12.1. The van der Waals surface area contributed by atoms with E-state index in [1.54, 1.807) is 12.1 Å². The summed E-state index contributed by atoms with van der Waals surface area (Å²) >= 11 is 0. The van der Waals surface area contributed by atoms with Crippen LogP contribution >= 0.6 is 0 Å². The number of nitrogens with one attached hydrogen (secondary N) is 1. The fourth-order valence-corrected chi connectivity index (χ4v) is 2.12. The van der Waals surface area contributed by atoms with Crippen LogP contribution in [-0.4, -0.2) is 12.0 Å². The van der Waals surface area contributed by atoms with Crippen LogP contribution in [0.5, 0.6) is 5.75 Å². The lowest BCUT2D eigenvalue weighted by atomic mass is 10.1. The zero-order valence-electron chi connectivity index (χ0n) is 13.6. The number of halogens is 3. The number of alkyl halides is 3. The van der Waals surface area contributed by atoms with Crippen molar-refractivity contribution in [3.63, 3.8) is 0 Å². The third-order valence-corrected chi connectivity index (χ3v) is 3.65. The molecule has 24 heavy (non-hydrogen) atoms. The molecule has 3 nitrogen and oxygen atoms in total. The molecular formula is C18H18F3NO2. The van der Waals surface area contributed by atoms with Crippen molar-refractivity contribution in [1.82, 2.24) is 0 Å². The molecule has 128 valence electrons. The molecule has 0 radical (unpaired) electrons. The molecule has 2 aromatic carbocycles. The van der Waals surface area contributed by atoms with E-state index in [4.69, 9.17) is 4.74 Å². The molecule has 2 aromatic rings. The molecule has 0 aliphatic rings. The number of rotatable bonds is 4. The molecule has 0 aromatic heterocycles. The van der Waals surface area contributed by atoms with Crippen LogP contribution in [0.2, 0.25) is 0 Å². The van der Waals surface area contributed by atoms with Crippen LogP contribution in [0.4, 0.5) is 18.9 Å². The Kier molecular flexibility index (Phi) is 5.17. The lowest BCUT2D eigenvalue weighted by Gasteiger charge is -2.18. The lowest BCUT2D eigenvalue weighted by molar-refractivity contribution is -0.137. The quantitative estimate of drug-likeness (QED) is 0.876. The van der Waals surface area contributed by atoms with E-state index in [9.17, 15) is 18.0 Å². The molecule has 0 saturated heterocycles. The maximum absolute atomic E-state index is 12.9. The van der Waals surface area contributed by atoms with E-state index >= 15 is 0 Å². The summed E-state index contributed by atoms with van der Waals surface area (Å²) in [6, 6.07) is 10.2. The van der Waals surface area contributed by atoms with E-state index in [1.807, 2.05) is 19.9 Å².